The van der Waals surface area contributed by atoms with Crippen LogP contribution >= 0.6 is 0 Å². The predicted molar refractivity (Wildman–Crippen MR) is 112 cm³/mol. The van der Waals surface area contributed by atoms with Gasteiger partial charge in [0.05, 0.1) is 6.10 Å². The number of hydrogen-bond donors (Lipinski definition) is 1. The zero-order chi connectivity index (χ0) is 15.8. The lowest BCUT2D eigenvalue weighted by Crippen LogP contribution is -2.31. The Morgan fingerprint density at radius 3 is 1.71 bits per heavy atom. The molecule has 0 aromatic carbocycles. The molecule has 0 aliphatic carbocycles. The molecule has 0 rings (SSSR count). The fourth-order valence-corrected chi connectivity index (χ4v) is 0.920. The average Bonchev–Trinajstić information content (AvgIpc) is 2.47. The molecule has 0 saturated carbocycles. The summed E-state index contributed by atoms with van der Waals surface area (Å²) in [5, 5.41) is 0. The Morgan fingerprint density at radius 2 is 1.33 bits per heavy atom. The summed E-state index contributed by atoms with van der Waals surface area (Å²) in [6.07, 6.45) is 1.45. The highest BCUT2D eigenvalue weighted by atomic mass is 16.5. The van der Waals surface area contributed by atoms with Gasteiger partial charge in [-0.25, -0.2) is 0 Å². The average molecular weight is 302 g/mol. The summed E-state index contributed by atoms with van der Waals surface area (Å²) in [5.41, 5.74) is 38.5. The van der Waals surface area contributed by atoms with Crippen molar-refractivity contribution < 1.29 is 26.1 Å². The first-order valence-electron chi connectivity index (χ1n) is 5.86. The highest BCUT2D eigenvalue weighted by Crippen LogP contribution is 1.94. The molecule has 0 fully saturated rings. The van der Waals surface area contributed by atoms with Crippen molar-refractivity contribution in [1.82, 2.24) is 0 Å². The largest absolute Gasteiger partial charge is 0.375 e. The SMILES string of the molecule is C=C=C=C=C=C=C=C=C=C=C=C=C=C=C[C@@H](OC)[C@H](C)N.[HH].[HH].[HH].[HH].[HH].[HH].[HH].[HH].[HH].[HH].[HH].[HH].[HH].[HH].[HH]. The lowest BCUT2D eigenvalue weighted by atomic mass is 10.2. The molecular weight excluding hydrogens is 258 g/mol. The van der Waals surface area contributed by atoms with Gasteiger partial charge < -0.3 is 10.5 Å². The van der Waals surface area contributed by atoms with Crippen LogP contribution in [-0.2, 0) is 4.74 Å². The fourth-order valence-electron chi connectivity index (χ4n) is 0.920. The van der Waals surface area contributed by atoms with E-state index >= 15 is 0 Å². The highest BCUT2D eigenvalue weighted by molar-refractivity contribution is 4.95. The molecular formula is C19H43NO. The Hall–Kier alpha value is -3.20. The van der Waals surface area contributed by atoms with E-state index < -0.39 is 0 Å². The predicted octanol–water partition coefficient (Wildman–Crippen LogP) is 6.24. The van der Waals surface area contributed by atoms with Crippen molar-refractivity contribution in [3.63, 3.8) is 0 Å². The quantitative estimate of drug-likeness (QED) is 0.626. The van der Waals surface area contributed by atoms with Gasteiger partial charge in [0.25, 0.3) is 0 Å². The van der Waals surface area contributed by atoms with Crippen molar-refractivity contribution >= 4 is 0 Å². The molecule has 0 amide bonds. The molecule has 0 aliphatic rings. The van der Waals surface area contributed by atoms with E-state index in [9.17, 15) is 0 Å². The fraction of sp³-hybridized carbons (Fsp3) is 0.211. The topological polar surface area (TPSA) is 35.2 Å². The van der Waals surface area contributed by atoms with E-state index in [2.05, 4.69) is 81.1 Å². The third kappa shape index (κ3) is 11.6. The van der Waals surface area contributed by atoms with Gasteiger partial charge in [0.15, 0.2) is 0 Å². The zero-order valence-electron chi connectivity index (χ0n) is 11.9. The minimum absolute atomic E-state index is 0. The van der Waals surface area contributed by atoms with E-state index in [1.165, 1.54) is 0 Å². The Kier molecular flexibility index (Phi) is 11.2. The van der Waals surface area contributed by atoms with Gasteiger partial charge in [-0.15, -0.1) is 0 Å². The van der Waals surface area contributed by atoms with Crippen LogP contribution in [0.4, 0.5) is 0 Å². The van der Waals surface area contributed by atoms with E-state index in [4.69, 9.17) is 10.5 Å². The lowest BCUT2D eigenvalue weighted by molar-refractivity contribution is 0.123. The summed E-state index contributed by atoms with van der Waals surface area (Å²) >= 11 is 0. The Labute approximate surface area is 146 Å². The number of methoxy groups -OCH3 is 1. The summed E-state index contributed by atoms with van der Waals surface area (Å²) in [7, 11) is 1.58. The van der Waals surface area contributed by atoms with Crippen LogP contribution in [0.1, 0.15) is 28.3 Å². The second kappa shape index (κ2) is 13.2. The molecule has 2 nitrogen and oxygen atoms in total. The van der Waals surface area contributed by atoms with Gasteiger partial charge in [-0.3, -0.25) is 0 Å². The molecule has 21 heavy (non-hydrogen) atoms. The maximum Gasteiger partial charge on any atom is 0.0980 e. The Balaban J connectivity index is -0.0000000190. The summed E-state index contributed by atoms with van der Waals surface area (Å²) in [4.78, 5) is 0. The van der Waals surface area contributed by atoms with E-state index in [0.29, 0.717) is 0 Å². The first kappa shape index (κ1) is 17.8. The number of ether oxygens (including phenoxy) is 1. The molecule has 0 aromatic rings. The maximum absolute atomic E-state index is 5.67. The first-order chi connectivity index (χ1) is 10.2. The molecule has 0 saturated heterocycles. The number of rotatable bonds is 3. The lowest BCUT2D eigenvalue weighted by Gasteiger charge is -2.12. The molecule has 0 spiro atoms. The van der Waals surface area contributed by atoms with Crippen LogP contribution in [0.15, 0.2) is 87.2 Å². The monoisotopic (exact) mass is 301 g/mol. The van der Waals surface area contributed by atoms with Gasteiger partial charge in [-0.05, 0) is 82.6 Å². The molecule has 2 N–H and O–H groups in total. The van der Waals surface area contributed by atoms with Crippen LogP contribution in [-0.4, -0.2) is 19.3 Å². The summed E-state index contributed by atoms with van der Waals surface area (Å²) < 4.78 is 5.11. The second-order valence-electron chi connectivity index (χ2n) is 3.42. The van der Waals surface area contributed by atoms with Crippen LogP contribution in [0.25, 0.3) is 0 Å². The van der Waals surface area contributed by atoms with Gasteiger partial charge in [-0.2, -0.15) is 0 Å². The Morgan fingerprint density at radius 1 is 0.905 bits per heavy atom. The number of hydrogen-bond acceptors (Lipinski definition) is 2. The van der Waals surface area contributed by atoms with Crippen molar-refractivity contribution in [2.24, 2.45) is 5.73 Å². The Bertz CT molecular complexity index is 873. The smallest absolute Gasteiger partial charge is 0.0980 e. The summed E-state index contributed by atoms with van der Waals surface area (Å²) in [6, 6.07) is -0.123. The van der Waals surface area contributed by atoms with Gasteiger partial charge in [0.1, 0.15) is 0 Å². The normalized spacial score (nSPS) is 9.10. The van der Waals surface area contributed by atoms with Gasteiger partial charge in [0.2, 0.25) is 0 Å². The molecule has 0 heterocycles. The van der Waals surface area contributed by atoms with Crippen LogP contribution in [0.2, 0.25) is 0 Å². The standard InChI is InChI=1S/C19H13NO.15H2/c1-4-5-6-7-8-9-10-11-12-13-14-15-16-17-19(21-3)18(2)20;;;;;;;;;;;;;;;/h17-19H,1,20H2,2-3H3;15*1H/t18-,19+;;;;;;;;;;;;;;;/m0.............../s1. The van der Waals surface area contributed by atoms with Crippen LogP contribution in [0, 0.1) is 0 Å². The van der Waals surface area contributed by atoms with Crippen molar-refractivity contribution in [3.8, 4) is 0 Å². The molecule has 2 atom stereocenters. The number of nitrogens with two attached hydrogens (primary N) is 1. The molecule has 0 unspecified atom stereocenters. The van der Waals surface area contributed by atoms with Gasteiger partial charge in [0, 0.05) is 34.6 Å². The van der Waals surface area contributed by atoms with Crippen LogP contribution in [0.5, 0.6) is 0 Å². The zero-order valence-corrected chi connectivity index (χ0v) is 11.9. The second-order valence-corrected chi connectivity index (χ2v) is 3.42. The van der Waals surface area contributed by atoms with E-state index in [0.717, 1.165) is 0 Å². The molecule has 2 heteroatoms. The van der Waals surface area contributed by atoms with Crippen molar-refractivity contribution in [2.45, 2.75) is 19.1 Å². The minimum Gasteiger partial charge on any atom is -0.375 e. The van der Waals surface area contributed by atoms with Crippen molar-refractivity contribution in [1.29, 1.82) is 0 Å². The van der Waals surface area contributed by atoms with E-state index in [1.54, 1.807) is 13.2 Å². The minimum atomic E-state index is -0.211. The third-order valence-electron chi connectivity index (χ3n) is 1.82. The first-order valence-corrected chi connectivity index (χ1v) is 5.86. The summed E-state index contributed by atoms with van der Waals surface area (Å²) in [5.74, 6) is 0. The molecule has 0 bridgehead atoms. The van der Waals surface area contributed by atoms with Gasteiger partial charge >= 0.3 is 0 Å². The van der Waals surface area contributed by atoms with E-state index in [-0.39, 0.29) is 33.5 Å². The molecule has 130 valence electrons. The maximum atomic E-state index is 5.67. The van der Waals surface area contributed by atoms with Crippen molar-refractivity contribution in [2.75, 3.05) is 7.11 Å². The van der Waals surface area contributed by atoms with Crippen molar-refractivity contribution in [3.05, 3.63) is 87.2 Å². The molecule has 0 radical (unpaired) electrons. The van der Waals surface area contributed by atoms with Crippen LogP contribution < -0.4 is 5.73 Å². The summed E-state index contributed by atoms with van der Waals surface area (Å²) in [6.45, 7) is 5.15. The van der Waals surface area contributed by atoms with Gasteiger partial charge in [-0.1, -0.05) is 11.5 Å². The van der Waals surface area contributed by atoms with Crippen LogP contribution in [0.3, 0.4) is 0 Å². The third-order valence-corrected chi connectivity index (χ3v) is 1.82. The molecule has 0 aliphatic heterocycles. The molecule has 0 aromatic heterocycles. The highest BCUT2D eigenvalue weighted by Gasteiger charge is 2.06. The van der Waals surface area contributed by atoms with E-state index in [1.807, 2.05) is 6.92 Å².